The fourth-order valence-electron chi connectivity index (χ4n) is 2.97. The van der Waals surface area contributed by atoms with Gasteiger partial charge in [-0.05, 0) is 37.4 Å². The van der Waals surface area contributed by atoms with Gasteiger partial charge in [-0.1, -0.05) is 12.1 Å². The molecule has 1 aromatic carbocycles. The Morgan fingerprint density at radius 2 is 2.35 bits per heavy atom. The Hall–Kier alpha value is -1.06. The Morgan fingerprint density at radius 3 is 3.12 bits per heavy atom. The van der Waals surface area contributed by atoms with E-state index in [1.165, 1.54) is 24.0 Å². The van der Waals surface area contributed by atoms with E-state index in [9.17, 15) is 0 Å². The maximum atomic E-state index is 5.99. The van der Waals surface area contributed by atoms with Crippen molar-refractivity contribution in [3.8, 4) is 5.75 Å². The van der Waals surface area contributed by atoms with Gasteiger partial charge in [0.05, 0.1) is 13.7 Å². The summed E-state index contributed by atoms with van der Waals surface area (Å²) in [6.45, 7) is 1.93. The molecule has 2 aliphatic rings. The number of rotatable bonds is 2. The highest BCUT2D eigenvalue weighted by Crippen LogP contribution is 2.38. The summed E-state index contributed by atoms with van der Waals surface area (Å²) in [6, 6.07) is 6.75. The van der Waals surface area contributed by atoms with Gasteiger partial charge >= 0.3 is 0 Å². The molecule has 2 aliphatic heterocycles. The average molecular weight is 233 g/mol. The van der Waals surface area contributed by atoms with Crippen LogP contribution in [0.5, 0.6) is 5.75 Å². The van der Waals surface area contributed by atoms with Gasteiger partial charge in [-0.25, -0.2) is 0 Å². The molecular weight excluding hydrogens is 214 g/mol. The van der Waals surface area contributed by atoms with E-state index in [4.69, 9.17) is 9.47 Å². The summed E-state index contributed by atoms with van der Waals surface area (Å²) in [4.78, 5) is 0. The normalized spacial score (nSPS) is 27.8. The molecule has 0 aliphatic carbocycles. The molecule has 0 unspecified atom stereocenters. The van der Waals surface area contributed by atoms with Gasteiger partial charge in [0, 0.05) is 11.6 Å². The Morgan fingerprint density at radius 1 is 1.41 bits per heavy atom. The third-order valence-corrected chi connectivity index (χ3v) is 3.79. The van der Waals surface area contributed by atoms with Gasteiger partial charge in [-0.3, -0.25) is 0 Å². The fourth-order valence-corrected chi connectivity index (χ4v) is 2.97. The summed E-state index contributed by atoms with van der Waals surface area (Å²) in [6.07, 6.45) is 3.60. The summed E-state index contributed by atoms with van der Waals surface area (Å²) < 4.78 is 11.5. The minimum absolute atomic E-state index is 0.164. The van der Waals surface area contributed by atoms with E-state index >= 15 is 0 Å². The number of nitrogens with one attached hydrogen (secondary N) is 1. The van der Waals surface area contributed by atoms with E-state index in [0.29, 0.717) is 6.04 Å². The molecule has 0 spiro atoms. The molecule has 3 heteroatoms. The lowest BCUT2D eigenvalue weighted by Crippen LogP contribution is -2.34. The SMILES string of the molecule is COc1cccc2c1[C@H]([C@@H]1CCCN1)OCC2. The number of methoxy groups -OCH3 is 1. The molecule has 1 fully saturated rings. The van der Waals surface area contributed by atoms with Crippen LogP contribution in [0.2, 0.25) is 0 Å². The summed E-state index contributed by atoms with van der Waals surface area (Å²) >= 11 is 0. The van der Waals surface area contributed by atoms with Crippen LogP contribution in [0.4, 0.5) is 0 Å². The van der Waals surface area contributed by atoms with Crippen LogP contribution in [0.25, 0.3) is 0 Å². The van der Waals surface area contributed by atoms with Crippen molar-refractivity contribution in [2.75, 3.05) is 20.3 Å². The molecule has 3 nitrogen and oxygen atoms in total. The van der Waals surface area contributed by atoms with Crippen LogP contribution in [0.15, 0.2) is 18.2 Å². The van der Waals surface area contributed by atoms with Gasteiger partial charge < -0.3 is 14.8 Å². The average Bonchev–Trinajstić information content (AvgIpc) is 2.91. The molecule has 2 heterocycles. The van der Waals surface area contributed by atoms with Gasteiger partial charge in [0.15, 0.2) is 0 Å². The van der Waals surface area contributed by atoms with Crippen LogP contribution < -0.4 is 10.1 Å². The van der Waals surface area contributed by atoms with E-state index in [2.05, 4.69) is 17.4 Å². The zero-order valence-electron chi connectivity index (χ0n) is 10.2. The molecular formula is C14H19NO2. The van der Waals surface area contributed by atoms with Crippen molar-refractivity contribution in [3.05, 3.63) is 29.3 Å². The lowest BCUT2D eigenvalue weighted by molar-refractivity contribution is 0.0182. The molecule has 1 aromatic rings. The largest absolute Gasteiger partial charge is 0.496 e. The van der Waals surface area contributed by atoms with Crippen molar-refractivity contribution in [3.63, 3.8) is 0 Å². The summed E-state index contributed by atoms with van der Waals surface area (Å²) in [5.74, 6) is 0.973. The summed E-state index contributed by atoms with van der Waals surface area (Å²) in [5.41, 5.74) is 2.65. The van der Waals surface area contributed by atoms with Crippen LogP contribution in [0.1, 0.15) is 30.1 Å². The molecule has 2 atom stereocenters. The lowest BCUT2D eigenvalue weighted by atomic mass is 9.91. The topological polar surface area (TPSA) is 30.5 Å². The van der Waals surface area contributed by atoms with Gasteiger partial charge in [0.2, 0.25) is 0 Å². The minimum Gasteiger partial charge on any atom is -0.496 e. The molecule has 0 aromatic heterocycles. The second kappa shape index (κ2) is 4.67. The Kier molecular flexibility index (Phi) is 3.04. The van der Waals surface area contributed by atoms with Crippen LogP contribution in [-0.2, 0) is 11.2 Å². The van der Waals surface area contributed by atoms with Crippen molar-refractivity contribution in [2.45, 2.75) is 31.4 Å². The second-order valence-corrected chi connectivity index (χ2v) is 4.78. The van der Waals surface area contributed by atoms with E-state index in [0.717, 1.165) is 25.3 Å². The standard InChI is InChI=1S/C14H19NO2/c1-16-12-6-2-4-10-7-9-17-14(13(10)12)11-5-3-8-15-11/h2,4,6,11,14-15H,3,5,7-9H2,1H3/t11-,14-/m0/s1. The zero-order chi connectivity index (χ0) is 11.7. The molecule has 0 saturated carbocycles. The highest BCUT2D eigenvalue weighted by molar-refractivity contribution is 5.44. The van der Waals surface area contributed by atoms with Crippen molar-refractivity contribution in [1.82, 2.24) is 5.32 Å². The molecule has 17 heavy (non-hydrogen) atoms. The number of ether oxygens (including phenoxy) is 2. The van der Waals surface area contributed by atoms with Crippen LogP contribution in [0, 0.1) is 0 Å². The lowest BCUT2D eigenvalue weighted by Gasteiger charge is -2.31. The number of hydrogen-bond donors (Lipinski definition) is 1. The first kappa shape index (κ1) is 11.1. The second-order valence-electron chi connectivity index (χ2n) is 4.78. The van der Waals surface area contributed by atoms with Crippen molar-refractivity contribution in [1.29, 1.82) is 0 Å². The van der Waals surface area contributed by atoms with E-state index in [1.807, 2.05) is 6.07 Å². The van der Waals surface area contributed by atoms with Crippen LogP contribution >= 0.6 is 0 Å². The maximum absolute atomic E-state index is 5.99. The van der Waals surface area contributed by atoms with E-state index < -0.39 is 0 Å². The van der Waals surface area contributed by atoms with Crippen molar-refractivity contribution >= 4 is 0 Å². The Bertz CT molecular complexity index is 385. The van der Waals surface area contributed by atoms with Crippen molar-refractivity contribution in [2.24, 2.45) is 0 Å². The Labute approximate surface area is 102 Å². The monoisotopic (exact) mass is 233 g/mol. The third-order valence-electron chi connectivity index (χ3n) is 3.79. The number of benzene rings is 1. The summed E-state index contributed by atoms with van der Waals surface area (Å²) in [7, 11) is 1.74. The number of fused-ring (bicyclic) bond motifs is 1. The van der Waals surface area contributed by atoms with Crippen molar-refractivity contribution < 1.29 is 9.47 Å². The molecule has 1 saturated heterocycles. The van der Waals surface area contributed by atoms with E-state index in [-0.39, 0.29) is 6.10 Å². The Balaban J connectivity index is 1.99. The van der Waals surface area contributed by atoms with Crippen LogP contribution in [0.3, 0.4) is 0 Å². The predicted molar refractivity (Wildman–Crippen MR) is 66.4 cm³/mol. The molecule has 0 bridgehead atoms. The zero-order valence-corrected chi connectivity index (χ0v) is 10.2. The molecule has 0 radical (unpaired) electrons. The molecule has 3 rings (SSSR count). The highest BCUT2D eigenvalue weighted by Gasteiger charge is 2.32. The van der Waals surface area contributed by atoms with Gasteiger partial charge in [-0.15, -0.1) is 0 Å². The summed E-state index contributed by atoms with van der Waals surface area (Å²) in [5, 5.41) is 3.54. The molecule has 1 N–H and O–H groups in total. The smallest absolute Gasteiger partial charge is 0.125 e. The quantitative estimate of drug-likeness (QED) is 0.848. The predicted octanol–water partition coefficient (Wildman–Crippen LogP) is 2.06. The number of hydrogen-bond acceptors (Lipinski definition) is 3. The van der Waals surface area contributed by atoms with Gasteiger partial charge in [0.25, 0.3) is 0 Å². The maximum Gasteiger partial charge on any atom is 0.125 e. The molecule has 92 valence electrons. The third kappa shape index (κ3) is 1.94. The van der Waals surface area contributed by atoms with Gasteiger partial charge in [0.1, 0.15) is 11.9 Å². The van der Waals surface area contributed by atoms with E-state index in [1.54, 1.807) is 7.11 Å². The fraction of sp³-hybridized carbons (Fsp3) is 0.571. The highest BCUT2D eigenvalue weighted by atomic mass is 16.5. The van der Waals surface area contributed by atoms with Gasteiger partial charge in [-0.2, -0.15) is 0 Å². The minimum atomic E-state index is 0.164. The van der Waals surface area contributed by atoms with Crippen LogP contribution in [-0.4, -0.2) is 26.3 Å². The molecule has 0 amide bonds. The first-order valence-corrected chi connectivity index (χ1v) is 6.41. The first-order valence-electron chi connectivity index (χ1n) is 6.41. The first-order chi connectivity index (χ1) is 8.40.